The van der Waals surface area contributed by atoms with Crippen LogP contribution < -0.4 is 20.1 Å². The zero-order valence-corrected chi connectivity index (χ0v) is 20.7. The van der Waals surface area contributed by atoms with Crippen molar-refractivity contribution in [3.05, 3.63) is 54.4 Å². The summed E-state index contributed by atoms with van der Waals surface area (Å²) in [6.45, 7) is 6.99. The summed E-state index contributed by atoms with van der Waals surface area (Å²) in [4.78, 5) is 11.5. The topological polar surface area (TPSA) is 71.0 Å². The second kappa shape index (κ2) is 14.1. The van der Waals surface area contributed by atoms with Gasteiger partial charge in [0.2, 0.25) is 0 Å². The van der Waals surface area contributed by atoms with E-state index in [2.05, 4.69) is 45.6 Å². The highest BCUT2D eigenvalue weighted by molar-refractivity contribution is 14.0. The van der Waals surface area contributed by atoms with Crippen LogP contribution in [0.15, 0.2) is 53.8 Å². The molecule has 170 valence electrons. The number of guanidine groups is 1. The number of ether oxygens (including phenoxy) is 2. The van der Waals surface area contributed by atoms with Gasteiger partial charge >= 0.3 is 0 Å². The number of aliphatic imine (C=N–C) groups is 1. The Bertz CT molecular complexity index is 785. The van der Waals surface area contributed by atoms with Crippen LogP contribution in [-0.4, -0.2) is 62.3 Å². The van der Waals surface area contributed by atoms with E-state index in [4.69, 9.17) is 14.5 Å². The normalized spacial score (nSPS) is 15.1. The van der Waals surface area contributed by atoms with Gasteiger partial charge in [-0.2, -0.15) is 0 Å². The minimum Gasteiger partial charge on any atom is -0.497 e. The first-order chi connectivity index (χ1) is 14.8. The number of hydrogen-bond donors (Lipinski definition) is 2. The number of methoxy groups -OCH3 is 1. The maximum atomic E-state index is 5.71. The lowest BCUT2D eigenvalue weighted by molar-refractivity contribution is 0.251. The van der Waals surface area contributed by atoms with Crippen molar-refractivity contribution in [2.75, 3.05) is 46.4 Å². The zero-order valence-electron chi connectivity index (χ0n) is 18.4. The van der Waals surface area contributed by atoms with Gasteiger partial charge in [-0.3, -0.25) is 14.9 Å². The molecule has 2 N–H and O–H groups in total. The Morgan fingerprint density at radius 3 is 2.68 bits per heavy atom. The molecule has 0 spiro atoms. The molecule has 0 radical (unpaired) electrons. The number of hydrogen-bond acceptors (Lipinski definition) is 5. The molecule has 2 aromatic rings. The first-order valence-corrected chi connectivity index (χ1v) is 10.7. The Hall–Kier alpha value is -2.07. The van der Waals surface area contributed by atoms with E-state index in [-0.39, 0.29) is 30.0 Å². The molecule has 1 atom stereocenters. The number of pyridine rings is 1. The lowest BCUT2D eigenvalue weighted by Crippen LogP contribution is -2.40. The van der Waals surface area contributed by atoms with E-state index in [1.807, 2.05) is 18.2 Å². The highest BCUT2D eigenvalue weighted by Crippen LogP contribution is 2.27. The summed E-state index contributed by atoms with van der Waals surface area (Å²) < 4.78 is 11.1. The first-order valence-electron chi connectivity index (χ1n) is 10.7. The molecule has 1 aromatic heterocycles. The van der Waals surface area contributed by atoms with Gasteiger partial charge in [0.15, 0.2) is 5.96 Å². The largest absolute Gasteiger partial charge is 0.497 e. The molecule has 1 aliphatic rings. The van der Waals surface area contributed by atoms with E-state index in [1.165, 1.54) is 18.4 Å². The van der Waals surface area contributed by atoms with Crippen molar-refractivity contribution in [2.24, 2.45) is 4.99 Å². The molecule has 1 unspecified atom stereocenters. The van der Waals surface area contributed by atoms with E-state index < -0.39 is 0 Å². The molecule has 31 heavy (non-hydrogen) atoms. The molecule has 1 fully saturated rings. The van der Waals surface area contributed by atoms with Crippen LogP contribution in [0.25, 0.3) is 0 Å². The van der Waals surface area contributed by atoms with E-state index in [9.17, 15) is 0 Å². The van der Waals surface area contributed by atoms with Gasteiger partial charge in [0, 0.05) is 12.7 Å². The summed E-state index contributed by atoms with van der Waals surface area (Å²) >= 11 is 0. The SMILES string of the molecule is CCNC(=NCC(c1cccc(OC)c1)N1CCCC1)NCCOc1cccnc1.I. The van der Waals surface area contributed by atoms with Crippen molar-refractivity contribution in [3.63, 3.8) is 0 Å². The maximum Gasteiger partial charge on any atom is 0.191 e. The third kappa shape index (κ3) is 8.17. The Balaban J connectivity index is 0.00000341. The molecule has 0 aliphatic carbocycles. The zero-order chi connectivity index (χ0) is 21.0. The number of aromatic nitrogens is 1. The summed E-state index contributed by atoms with van der Waals surface area (Å²) in [5.41, 5.74) is 1.25. The number of nitrogens with one attached hydrogen (secondary N) is 2. The molecule has 3 rings (SSSR count). The van der Waals surface area contributed by atoms with E-state index in [0.717, 1.165) is 37.1 Å². The van der Waals surface area contributed by atoms with Crippen molar-refractivity contribution in [1.82, 2.24) is 20.5 Å². The van der Waals surface area contributed by atoms with Crippen LogP contribution in [0.2, 0.25) is 0 Å². The molecule has 1 aromatic carbocycles. The molecule has 0 amide bonds. The monoisotopic (exact) mass is 539 g/mol. The van der Waals surface area contributed by atoms with E-state index >= 15 is 0 Å². The second-order valence-corrected chi connectivity index (χ2v) is 7.22. The third-order valence-corrected chi connectivity index (χ3v) is 5.12. The van der Waals surface area contributed by atoms with Crippen LogP contribution >= 0.6 is 24.0 Å². The van der Waals surface area contributed by atoms with Gasteiger partial charge in [-0.25, -0.2) is 0 Å². The van der Waals surface area contributed by atoms with Crippen LogP contribution in [0.3, 0.4) is 0 Å². The summed E-state index contributed by atoms with van der Waals surface area (Å²) in [7, 11) is 1.71. The minimum atomic E-state index is 0. The van der Waals surface area contributed by atoms with Crippen LogP contribution in [0.4, 0.5) is 0 Å². The fraction of sp³-hybridized carbons (Fsp3) is 0.478. The number of benzene rings is 1. The quantitative estimate of drug-likeness (QED) is 0.209. The van der Waals surface area contributed by atoms with Gasteiger partial charge in [0.1, 0.15) is 18.1 Å². The van der Waals surface area contributed by atoms with Gasteiger partial charge in [-0.15, -0.1) is 24.0 Å². The average Bonchev–Trinajstić information content (AvgIpc) is 3.32. The summed E-state index contributed by atoms with van der Waals surface area (Å²) in [5.74, 6) is 2.46. The van der Waals surface area contributed by atoms with E-state index in [0.29, 0.717) is 19.7 Å². The molecule has 1 saturated heterocycles. The predicted molar refractivity (Wildman–Crippen MR) is 136 cm³/mol. The van der Waals surface area contributed by atoms with Crippen molar-refractivity contribution >= 4 is 29.9 Å². The summed E-state index contributed by atoms with van der Waals surface area (Å²) in [6.07, 6.45) is 5.94. The maximum absolute atomic E-state index is 5.71. The standard InChI is InChI=1S/C23H33N5O2.HI/c1-3-25-23(26-12-15-30-21-10-7-11-24-17-21)27-18-22(28-13-4-5-14-28)19-8-6-9-20(16-19)29-2;/h6-11,16-17,22H,3-5,12-15,18H2,1-2H3,(H2,25,26,27);1H. The minimum absolute atomic E-state index is 0. The number of nitrogens with zero attached hydrogens (tertiary/aromatic N) is 3. The van der Waals surface area contributed by atoms with Gasteiger partial charge in [-0.05, 0) is 62.7 Å². The van der Waals surface area contributed by atoms with Gasteiger partial charge in [0.25, 0.3) is 0 Å². The highest BCUT2D eigenvalue weighted by Gasteiger charge is 2.23. The lowest BCUT2D eigenvalue weighted by Gasteiger charge is -2.27. The number of likely N-dealkylation sites (tertiary alicyclic amines) is 1. The molecule has 0 bridgehead atoms. The molecule has 0 saturated carbocycles. The Kier molecular flexibility index (Phi) is 11.4. The van der Waals surface area contributed by atoms with Crippen molar-refractivity contribution in [3.8, 4) is 11.5 Å². The van der Waals surface area contributed by atoms with Crippen LogP contribution in [0.1, 0.15) is 31.4 Å². The highest BCUT2D eigenvalue weighted by atomic mass is 127. The fourth-order valence-corrected chi connectivity index (χ4v) is 3.62. The third-order valence-electron chi connectivity index (χ3n) is 5.12. The van der Waals surface area contributed by atoms with Gasteiger partial charge in [-0.1, -0.05) is 12.1 Å². The average molecular weight is 539 g/mol. The van der Waals surface area contributed by atoms with Gasteiger partial charge in [0.05, 0.1) is 32.4 Å². The second-order valence-electron chi connectivity index (χ2n) is 7.22. The van der Waals surface area contributed by atoms with Crippen LogP contribution in [-0.2, 0) is 0 Å². The molecule has 1 aliphatic heterocycles. The Morgan fingerprint density at radius 1 is 1.16 bits per heavy atom. The Morgan fingerprint density at radius 2 is 1.97 bits per heavy atom. The van der Waals surface area contributed by atoms with Crippen molar-refractivity contribution < 1.29 is 9.47 Å². The number of rotatable bonds is 10. The van der Waals surface area contributed by atoms with Crippen LogP contribution in [0, 0.1) is 0 Å². The number of halogens is 1. The molecule has 7 nitrogen and oxygen atoms in total. The molecule has 8 heteroatoms. The van der Waals surface area contributed by atoms with E-state index in [1.54, 1.807) is 19.5 Å². The molecular weight excluding hydrogens is 505 g/mol. The van der Waals surface area contributed by atoms with Gasteiger partial charge < -0.3 is 20.1 Å². The Labute approximate surface area is 202 Å². The van der Waals surface area contributed by atoms with Crippen LogP contribution in [0.5, 0.6) is 11.5 Å². The van der Waals surface area contributed by atoms with Crippen molar-refractivity contribution in [2.45, 2.75) is 25.8 Å². The lowest BCUT2D eigenvalue weighted by atomic mass is 10.1. The first kappa shape index (κ1) is 25.2. The summed E-state index contributed by atoms with van der Waals surface area (Å²) in [6, 6.07) is 12.3. The fourth-order valence-electron chi connectivity index (χ4n) is 3.62. The summed E-state index contributed by atoms with van der Waals surface area (Å²) in [5, 5.41) is 6.69. The smallest absolute Gasteiger partial charge is 0.191 e. The molecule has 2 heterocycles. The van der Waals surface area contributed by atoms with Crippen molar-refractivity contribution in [1.29, 1.82) is 0 Å². The molecular formula is C23H34IN5O2. The predicted octanol–water partition coefficient (Wildman–Crippen LogP) is 3.48.